The van der Waals surface area contributed by atoms with Crippen molar-refractivity contribution in [3.05, 3.63) is 69.0 Å². The molecule has 0 amide bonds. The highest BCUT2D eigenvalue weighted by molar-refractivity contribution is 7.99. The summed E-state index contributed by atoms with van der Waals surface area (Å²) in [4.78, 5) is 16.7. The van der Waals surface area contributed by atoms with Gasteiger partial charge in [-0.25, -0.2) is 0 Å². The Kier molecular flexibility index (Phi) is 3.79. The second-order valence-corrected chi connectivity index (χ2v) is 6.67. The van der Waals surface area contributed by atoms with Crippen LogP contribution in [-0.4, -0.2) is 4.98 Å². The Balaban J connectivity index is 2.15. The predicted molar refractivity (Wildman–Crippen MR) is 89.6 cm³/mol. The van der Waals surface area contributed by atoms with Crippen LogP contribution >= 0.6 is 23.4 Å². The van der Waals surface area contributed by atoms with Crippen molar-refractivity contribution >= 4 is 34.3 Å². The maximum absolute atomic E-state index is 11.8. The van der Waals surface area contributed by atoms with E-state index in [1.54, 1.807) is 23.9 Å². The van der Waals surface area contributed by atoms with Crippen LogP contribution in [0.25, 0.3) is 10.9 Å². The number of fused-ring (bicyclic) bond motifs is 1. The van der Waals surface area contributed by atoms with Crippen molar-refractivity contribution in [2.75, 3.05) is 0 Å². The molecule has 0 unspecified atom stereocenters. The van der Waals surface area contributed by atoms with Crippen LogP contribution in [0.3, 0.4) is 0 Å². The van der Waals surface area contributed by atoms with Crippen LogP contribution in [-0.2, 0) is 0 Å². The fourth-order valence-corrected chi connectivity index (χ4v) is 3.76. The first-order chi connectivity index (χ1) is 10.0. The Morgan fingerprint density at radius 1 is 1.00 bits per heavy atom. The summed E-state index contributed by atoms with van der Waals surface area (Å²) in [5, 5.41) is 1.63. The van der Waals surface area contributed by atoms with Crippen LogP contribution in [0.15, 0.2) is 57.1 Å². The molecule has 0 aliphatic carbocycles. The second kappa shape index (κ2) is 5.58. The van der Waals surface area contributed by atoms with Crippen molar-refractivity contribution in [2.45, 2.75) is 23.6 Å². The minimum absolute atomic E-state index is 0.100. The average molecular weight is 316 g/mol. The Morgan fingerprint density at radius 3 is 2.43 bits per heavy atom. The average Bonchev–Trinajstić information content (AvgIpc) is 2.38. The van der Waals surface area contributed by atoms with Crippen molar-refractivity contribution in [1.29, 1.82) is 0 Å². The Bertz CT molecular complexity index is 865. The summed E-state index contributed by atoms with van der Waals surface area (Å²) in [7, 11) is 0. The minimum Gasteiger partial charge on any atom is -0.322 e. The van der Waals surface area contributed by atoms with Crippen LogP contribution in [0.2, 0.25) is 5.02 Å². The third kappa shape index (κ3) is 3.14. The van der Waals surface area contributed by atoms with Crippen molar-refractivity contribution < 1.29 is 0 Å². The summed E-state index contributed by atoms with van der Waals surface area (Å²) < 4.78 is 0. The van der Waals surface area contributed by atoms with E-state index in [1.807, 2.05) is 12.1 Å². The number of benzene rings is 2. The first kappa shape index (κ1) is 14.2. The molecule has 0 aliphatic heterocycles. The van der Waals surface area contributed by atoms with Gasteiger partial charge in [0.15, 0.2) is 0 Å². The molecule has 0 saturated heterocycles. The van der Waals surface area contributed by atoms with E-state index in [0.717, 1.165) is 20.7 Å². The van der Waals surface area contributed by atoms with Crippen molar-refractivity contribution in [3.63, 3.8) is 0 Å². The molecule has 1 heterocycles. The Labute approximate surface area is 132 Å². The third-order valence-corrected chi connectivity index (χ3v) is 4.45. The molecule has 106 valence electrons. The number of rotatable bonds is 2. The largest absolute Gasteiger partial charge is 0.322 e. The molecule has 3 aromatic rings. The van der Waals surface area contributed by atoms with Crippen molar-refractivity contribution in [2.24, 2.45) is 0 Å². The number of nitrogens with one attached hydrogen (secondary N) is 1. The number of aryl methyl sites for hydroxylation is 2. The number of aromatic nitrogens is 1. The molecule has 1 aromatic heterocycles. The first-order valence-electron chi connectivity index (χ1n) is 6.60. The monoisotopic (exact) mass is 315 g/mol. The standard InChI is InChI=1S/C17H14ClNOS/c1-10-5-11(2)7-13(6-10)21-16-9-17(20)19-15-4-3-12(18)8-14(15)16/h3-9H,1-2H3,(H,19,20). The summed E-state index contributed by atoms with van der Waals surface area (Å²) in [5.41, 5.74) is 3.13. The Morgan fingerprint density at radius 2 is 1.71 bits per heavy atom. The molecule has 4 heteroatoms. The van der Waals surface area contributed by atoms with Gasteiger partial charge in [-0.3, -0.25) is 4.79 Å². The van der Waals surface area contributed by atoms with Gasteiger partial charge in [-0.2, -0.15) is 0 Å². The van der Waals surface area contributed by atoms with E-state index in [1.165, 1.54) is 11.1 Å². The smallest absolute Gasteiger partial charge is 0.249 e. The van der Waals surface area contributed by atoms with E-state index in [0.29, 0.717) is 5.02 Å². The fourth-order valence-electron chi connectivity index (χ4n) is 2.40. The van der Waals surface area contributed by atoms with E-state index < -0.39 is 0 Å². The number of hydrogen-bond donors (Lipinski definition) is 1. The highest BCUT2D eigenvalue weighted by atomic mass is 35.5. The lowest BCUT2D eigenvalue weighted by atomic mass is 10.2. The third-order valence-electron chi connectivity index (χ3n) is 3.19. The van der Waals surface area contributed by atoms with Gasteiger partial charge >= 0.3 is 0 Å². The zero-order valence-electron chi connectivity index (χ0n) is 11.7. The predicted octanol–water partition coefficient (Wildman–Crippen LogP) is 4.95. The van der Waals surface area contributed by atoms with Gasteiger partial charge in [0, 0.05) is 31.8 Å². The second-order valence-electron chi connectivity index (χ2n) is 5.11. The summed E-state index contributed by atoms with van der Waals surface area (Å²) in [5.74, 6) is 0. The van der Waals surface area contributed by atoms with Gasteiger partial charge in [0.25, 0.3) is 0 Å². The lowest BCUT2D eigenvalue weighted by Crippen LogP contribution is -2.04. The molecule has 3 rings (SSSR count). The van der Waals surface area contributed by atoms with Crippen LogP contribution < -0.4 is 5.56 Å². The lowest BCUT2D eigenvalue weighted by Gasteiger charge is -2.08. The minimum atomic E-state index is -0.100. The molecular weight excluding hydrogens is 302 g/mol. The van der Waals surface area contributed by atoms with Crippen LogP contribution in [0.1, 0.15) is 11.1 Å². The molecule has 0 fully saturated rings. The Hall–Kier alpha value is -1.71. The van der Waals surface area contributed by atoms with Crippen LogP contribution in [0, 0.1) is 13.8 Å². The van der Waals surface area contributed by atoms with Gasteiger partial charge in [0.1, 0.15) is 0 Å². The zero-order chi connectivity index (χ0) is 15.0. The lowest BCUT2D eigenvalue weighted by molar-refractivity contribution is 1.25. The van der Waals surface area contributed by atoms with E-state index in [4.69, 9.17) is 11.6 Å². The maximum atomic E-state index is 11.8. The molecular formula is C17H14ClNOS. The molecule has 2 aromatic carbocycles. The molecule has 0 atom stereocenters. The molecule has 21 heavy (non-hydrogen) atoms. The molecule has 1 N–H and O–H groups in total. The van der Waals surface area contributed by atoms with Gasteiger partial charge in [0.2, 0.25) is 5.56 Å². The number of H-pyrrole nitrogens is 1. The summed E-state index contributed by atoms with van der Waals surface area (Å²) >= 11 is 7.67. The molecule has 0 spiro atoms. The number of hydrogen-bond acceptors (Lipinski definition) is 2. The number of pyridine rings is 1. The highest BCUT2D eigenvalue weighted by Crippen LogP contribution is 2.33. The number of aromatic amines is 1. The van der Waals surface area contributed by atoms with Crippen molar-refractivity contribution in [1.82, 2.24) is 4.98 Å². The summed E-state index contributed by atoms with van der Waals surface area (Å²) in [6.45, 7) is 4.15. The SMILES string of the molecule is Cc1cc(C)cc(Sc2cc(=O)[nH]c3ccc(Cl)cc23)c1. The van der Waals surface area contributed by atoms with Gasteiger partial charge in [-0.1, -0.05) is 29.4 Å². The van der Waals surface area contributed by atoms with Crippen LogP contribution in [0.5, 0.6) is 0 Å². The molecule has 0 saturated carbocycles. The van der Waals surface area contributed by atoms with E-state index in [2.05, 4.69) is 37.0 Å². The first-order valence-corrected chi connectivity index (χ1v) is 7.79. The fraction of sp³-hybridized carbons (Fsp3) is 0.118. The van der Waals surface area contributed by atoms with Crippen LogP contribution in [0.4, 0.5) is 0 Å². The van der Waals surface area contributed by atoms with Gasteiger partial charge < -0.3 is 4.98 Å². The topological polar surface area (TPSA) is 32.9 Å². The van der Waals surface area contributed by atoms with Crippen molar-refractivity contribution in [3.8, 4) is 0 Å². The highest BCUT2D eigenvalue weighted by Gasteiger charge is 2.07. The van der Waals surface area contributed by atoms with Gasteiger partial charge in [-0.05, 0) is 55.3 Å². The number of halogens is 1. The quantitative estimate of drug-likeness (QED) is 0.725. The summed E-state index contributed by atoms with van der Waals surface area (Å²) in [6, 6.07) is 13.5. The molecule has 0 radical (unpaired) electrons. The maximum Gasteiger partial charge on any atom is 0.249 e. The summed E-state index contributed by atoms with van der Waals surface area (Å²) in [6.07, 6.45) is 0. The molecule has 2 nitrogen and oxygen atoms in total. The molecule has 0 bridgehead atoms. The van der Waals surface area contributed by atoms with E-state index >= 15 is 0 Å². The molecule has 0 aliphatic rings. The van der Waals surface area contributed by atoms with E-state index in [9.17, 15) is 4.79 Å². The van der Waals surface area contributed by atoms with E-state index in [-0.39, 0.29) is 5.56 Å². The van der Waals surface area contributed by atoms with Gasteiger partial charge in [0.05, 0.1) is 0 Å². The zero-order valence-corrected chi connectivity index (χ0v) is 13.3. The van der Waals surface area contributed by atoms with Gasteiger partial charge in [-0.15, -0.1) is 0 Å². The normalized spacial score (nSPS) is 11.0.